The molecule has 1 aromatic carbocycles. The molecule has 0 saturated heterocycles. The fourth-order valence-electron chi connectivity index (χ4n) is 1.95. The number of benzene rings is 1. The molecular formula is C12H18N2. The topological polar surface area (TPSA) is 38.0 Å². The van der Waals surface area contributed by atoms with Crippen LogP contribution < -0.4 is 11.1 Å². The Morgan fingerprint density at radius 3 is 2.64 bits per heavy atom. The van der Waals surface area contributed by atoms with Gasteiger partial charge in [0, 0.05) is 5.54 Å². The molecule has 14 heavy (non-hydrogen) atoms. The summed E-state index contributed by atoms with van der Waals surface area (Å²) in [4.78, 5) is 0. The molecule has 0 spiro atoms. The van der Waals surface area contributed by atoms with E-state index in [1.807, 2.05) is 13.0 Å². The van der Waals surface area contributed by atoms with Gasteiger partial charge in [-0.25, -0.2) is 0 Å². The number of nitrogen functional groups attached to an aromatic ring is 1. The van der Waals surface area contributed by atoms with E-state index < -0.39 is 0 Å². The van der Waals surface area contributed by atoms with Gasteiger partial charge >= 0.3 is 0 Å². The van der Waals surface area contributed by atoms with Crippen molar-refractivity contribution in [3.63, 3.8) is 0 Å². The molecule has 0 bridgehead atoms. The minimum absolute atomic E-state index is 0.280. The van der Waals surface area contributed by atoms with E-state index in [0.717, 1.165) is 16.9 Å². The van der Waals surface area contributed by atoms with Crippen molar-refractivity contribution in [2.75, 3.05) is 11.1 Å². The van der Waals surface area contributed by atoms with Gasteiger partial charge in [0.05, 0.1) is 11.4 Å². The average Bonchev–Trinajstić information content (AvgIpc) is 2.10. The molecule has 2 nitrogen and oxygen atoms in total. The van der Waals surface area contributed by atoms with Crippen LogP contribution in [0, 0.1) is 6.92 Å². The van der Waals surface area contributed by atoms with E-state index in [1.54, 1.807) is 0 Å². The monoisotopic (exact) mass is 190 g/mol. The normalized spacial score (nSPS) is 18.7. The van der Waals surface area contributed by atoms with Gasteiger partial charge in [0.25, 0.3) is 0 Å². The van der Waals surface area contributed by atoms with Gasteiger partial charge in [0.2, 0.25) is 0 Å². The van der Waals surface area contributed by atoms with Crippen LogP contribution in [0.2, 0.25) is 0 Å². The van der Waals surface area contributed by atoms with Crippen molar-refractivity contribution < 1.29 is 0 Å². The minimum Gasteiger partial charge on any atom is -0.397 e. The van der Waals surface area contributed by atoms with Gasteiger partial charge in [-0.05, 0) is 44.7 Å². The molecule has 0 aliphatic heterocycles. The van der Waals surface area contributed by atoms with Crippen molar-refractivity contribution in [3.05, 3.63) is 23.8 Å². The first-order valence-corrected chi connectivity index (χ1v) is 5.24. The summed E-state index contributed by atoms with van der Waals surface area (Å²) in [5.74, 6) is 0. The molecule has 0 aromatic heterocycles. The van der Waals surface area contributed by atoms with Gasteiger partial charge in [0.15, 0.2) is 0 Å². The maximum atomic E-state index is 6.01. The van der Waals surface area contributed by atoms with Crippen molar-refractivity contribution >= 4 is 11.4 Å². The van der Waals surface area contributed by atoms with E-state index in [4.69, 9.17) is 5.73 Å². The molecule has 76 valence electrons. The standard InChI is InChI=1S/C12H18N2/c1-9-5-3-6-10(11(9)13)14-12(2)7-4-8-12/h3,5-6,14H,4,7-8,13H2,1-2H3. The van der Waals surface area contributed by atoms with E-state index in [9.17, 15) is 0 Å². The molecule has 1 saturated carbocycles. The van der Waals surface area contributed by atoms with Crippen molar-refractivity contribution in [1.82, 2.24) is 0 Å². The average molecular weight is 190 g/mol. The lowest BCUT2D eigenvalue weighted by Gasteiger charge is -2.40. The maximum absolute atomic E-state index is 6.01. The summed E-state index contributed by atoms with van der Waals surface area (Å²) in [6, 6.07) is 6.16. The molecule has 1 fully saturated rings. The second kappa shape index (κ2) is 3.19. The summed E-state index contributed by atoms with van der Waals surface area (Å²) in [7, 11) is 0. The zero-order valence-corrected chi connectivity index (χ0v) is 8.93. The first kappa shape index (κ1) is 9.38. The highest BCUT2D eigenvalue weighted by atomic mass is 15.0. The smallest absolute Gasteiger partial charge is 0.0580 e. The number of nitrogens with two attached hydrogens (primary N) is 1. The Morgan fingerprint density at radius 1 is 1.36 bits per heavy atom. The van der Waals surface area contributed by atoms with Crippen molar-refractivity contribution in [3.8, 4) is 0 Å². The van der Waals surface area contributed by atoms with E-state index in [-0.39, 0.29) is 5.54 Å². The van der Waals surface area contributed by atoms with Crippen LogP contribution in [0.1, 0.15) is 31.7 Å². The highest BCUT2D eigenvalue weighted by Crippen LogP contribution is 2.36. The summed E-state index contributed by atoms with van der Waals surface area (Å²) in [6.45, 7) is 4.31. The summed E-state index contributed by atoms with van der Waals surface area (Å²) in [6.07, 6.45) is 3.83. The Balaban J connectivity index is 2.20. The molecule has 0 radical (unpaired) electrons. The summed E-state index contributed by atoms with van der Waals surface area (Å²) in [5, 5.41) is 3.54. The Morgan fingerprint density at radius 2 is 2.07 bits per heavy atom. The molecule has 1 aliphatic rings. The third-order valence-corrected chi connectivity index (χ3v) is 3.22. The number of aryl methyl sites for hydroxylation is 1. The molecule has 0 unspecified atom stereocenters. The fraction of sp³-hybridized carbons (Fsp3) is 0.500. The Hall–Kier alpha value is -1.18. The molecule has 0 amide bonds. The van der Waals surface area contributed by atoms with Gasteiger partial charge in [-0.2, -0.15) is 0 Å². The van der Waals surface area contributed by atoms with E-state index >= 15 is 0 Å². The Kier molecular flexibility index (Phi) is 2.14. The molecule has 2 heteroatoms. The van der Waals surface area contributed by atoms with Crippen LogP contribution in [0.4, 0.5) is 11.4 Å². The summed E-state index contributed by atoms with van der Waals surface area (Å²) < 4.78 is 0. The number of para-hydroxylation sites is 1. The van der Waals surface area contributed by atoms with Crippen LogP contribution in [0.25, 0.3) is 0 Å². The quantitative estimate of drug-likeness (QED) is 0.704. The zero-order valence-electron chi connectivity index (χ0n) is 8.93. The maximum Gasteiger partial charge on any atom is 0.0580 e. The van der Waals surface area contributed by atoms with Gasteiger partial charge in [0.1, 0.15) is 0 Å². The molecule has 1 aromatic rings. The number of anilines is 2. The van der Waals surface area contributed by atoms with Gasteiger partial charge in [-0.1, -0.05) is 12.1 Å². The van der Waals surface area contributed by atoms with Crippen LogP contribution in [0.5, 0.6) is 0 Å². The Labute approximate surface area is 85.5 Å². The highest BCUT2D eigenvalue weighted by molar-refractivity contribution is 5.70. The van der Waals surface area contributed by atoms with E-state index in [2.05, 4.69) is 24.4 Å². The second-order valence-corrected chi connectivity index (χ2v) is 4.58. The number of rotatable bonds is 2. The predicted molar refractivity (Wildman–Crippen MR) is 61.5 cm³/mol. The van der Waals surface area contributed by atoms with Gasteiger partial charge in [-0.3, -0.25) is 0 Å². The lowest BCUT2D eigenvalue weighted by Crippen LogP contribution is -2.41. The third-order valence-electron chi connectivity index (χ3n) is 3.22. The van der Waals surface area contributed by atoms with Crippen LogP contribution in [-0.4, -0.2) is 5.54 Å². The minimum atomic E-state index is 0.280. The first-order valence-electron chi connectivity index (χ1n) is 5.24. The number of hydrogen-bond donors (Lipinski definition) is 2. The van der Waals surface area contributed by atoms with Crippen molar-refractivity contribution in [2.24, 2.45) is 0 Å². The molecule has 0 atom stereocenters. The van der Waals surface area contributed by atoms with Crippen LogP contribution >= 0.6 is 0 Å². The zero-order chi connectivity index (χ0) is 10.2. The highest BCUT2D eigenvalue weighted by Gasteiger charge is 2.31. The fourth-order valence-corrected chi connectivity index (χ4v) is 1.95. The lowest BCUT2D eigenvalue weighted by molar-refractivity contribution is 0.307. The number of hydrogen-bond acceptors (Lipinski definition) is 2. The SMILES string of the molecule is Cc1cccc(NC2(C)CCC2)c1N. The molecule has 2 rings (SSSR count). The predicted octanol–water partition coefficient (Wildman–Crippen LogP) is 2.93. The third kappa shape index (κ3) is 1.57. The molecule has 1 aliphatic carbocycles. The van der Waals surface area contributed by atoms with E-state index in [1.165, 1.54) is 19.3 Å². The number of nitrogens with one attached hydrogen (secondary N) is 1. The second-order valence-electron chi connectivity index (χ2n) is 4.58. The largest absolute Gasteiger partial charge is 0.397 e. The Bertz CT molecular complexity index is 340. The van der Waals surface area contributed by atoms with Crippen molar-refractivity contribution in [1.29, 1.82) is 0 Å². The molecule has 0 heterocycles. The summed E-state index contributed by atoms with van der Waals surface area (Å²) in [5.41, 5.74) is 9.42. The lowest BCUT2D eigenvalue weighted by atomic mass is 9.78. The first-order chi connectivity index (χ1) is 6.61. The van der Waals surface area contributed by atoms with Crippen molar-refractivity contribution in [2.45, 2.75) is 38.6 Å². The molecule has 3 N–H and O–H groups in total. The van der Waals surface area contributed by atoms with Crippen LogP contribution in [0.15, 0.2) is 18.2 Å². The van der Waals surface area contributed by atoms with Crippen LogP contribution in [0.3, 0.4) is 0 Å². The van der Waals surface area contributed by atoms with Crippen LogP contribution in [-0.2, 0) is 0 Å². The summed E-state index contributed by atoms with van der Waals surface area (Å²) >= 11 is 0. The van der Waals surface area contributed by atoms with Gasteiger partial charge < -0.3 is 11.1 Å². The van der Waals surface area contributed by atoms with Gasteiger partial charge in [-0.15, -0.1) is 0 Å². The molecular weight excluding hydrogens is 172 g/mol. The van der Waals surface area contributed by atoms with E-state index in [0.29, 0.717) is 0 Å².